The Hall–Kier alpha value is -2.25. The highest BCUT2D eigenvalue weighted by atomic mass is 35.5. The highest BCUT2D eigenvalue weighted by Gasteiger charge is 2.18. The lowest BCUT2D eigenvalue weighted by atomic mass is 10.1. The van der Waals surface area contributed by atoms with E-state index >= 15 is 0 Å². The summed E-state index contributed by atoms with van der Waals surface area (Å²) in [6.07, 6.45) is 1.38. The van der Waals surface area contributed by atoms with Crippen LogP contribution >= 0.6 is 23.4 Å². The Morgan fingerprint density at radius 1 is 1.43 bits per heavy atom. The molecule has 0 spiro atoms. The number of carbonyl (C=O) groups is 2. The number of aromatic nitrogens is 1. The summed E-state index contributed by atoms with van der Waals surface area (Å²) in [6, 6.07) is 6.02. The average molecular weight is 353 g/mol. The van der Waals surface area contributed by atoms with Crippen LogP contribution in [0.2, 0.25) is 5.02 Å². The lowest BCUT2D eigenvalue weighted by molar-refractivity contribution is -0.110. The molecule has 0 unspecified atom stereocenters. The second-order valence-electron chi connectivity index (χ2n) is 4.49. The van der Waals surface area contributed by atoms with Crippen molar-refractivity contribution in [2.24, 2.45) is 0 Å². The fourth-order valence-electron chi connectivity index (χ4n) is 1.86. The molecule has 0 fully saturated rings. The Morgan fingerprint density at radius 2 is 2.17 bits per heavy atom. The number of methoxy groups -OCH3 is 1. The number of nitrogen functional groups attached to an aromatic ring is 1. The summed E-state index contributed by atoms with van der Waals surface area (Å²) in [4.78, 5) is 27.3. The molecule has 6 nitrogen and oxygen atoms in total. The van der Waals surface area contributed by atoms with Crippen LogP contribution in [0, 0.1) is 0 Å². The van der Waals surface area contributed by atoms with Crippen LogP contribution in [0.1, 0.15) is 15.9 Å². The van der Waals surface area contributed by atoms with Crippen molar-refractivity contribution < 1.29 is 19.4 Å². The first kappa shape index (κ1) is 17.1. The number of nitrogens with two attached hydrogens (primary N) is 1. The summed E-state index contributed by atoms with van der Waals surface area (Å²) < 4.78 is 5.04. The van der Waals surface area contributed by atoms with E-state index in [9.17, 15) is 9.59 Å². The van der Waals surface area contributed by atoms with Gasteiger partial charge in [-0.05, 0) is 30.0 Å². The van der Waals surface area contributed by atoms with E-state index in [0.717, 1.165) is 11.8 Å². The normalized spacial score (nSPS) is 10.3. The third kappa shape index (κ3) is 4.14. The number of thioether (sulfide) groups is 1. The van der Waals surface area contributed by atoms with Gasteiger partial charge < -0.3 is 15.6 Å². The third-order valence-electron chi connectivity index (χ3n) is 2.97. The first-order valence-corrected chi connectivity index (χ1v) is 7.62. The second-order valence-corrected chi connectivity index (χ2v) is 5.94. The van der Waals surface area contributed by atoms with Crippen molar-refractivity contribution >= 4 is 40.1 Å². The third-order valence-corrected chi connectivity index (χ3v) is 4.20. The SMILES string of the molecule is COc1cc(N)c(CC(=O)Sc2ncccc2C(=O)O)c(Cl)c1. The van der Waals surface area contributed by atoms with Crippen molar-refractivity contribution in [3.8, 4) is 5.75 Å². The zero-order valence-corrected chi connectivity index (χ0v) is 13.6. The predicted octanol–water partition coefficient (Wildman–Crippen LogP) is 2.89. The summed E-state index contributed by atoms with van der Waals surface area (Å²) in [5.74, 6) is -0.648. The Kier molecular flexibility index (Phi) is 5.46. The van der Waals surface area contributed by atoms with Crippen LogP contribution in [0.15, 0.2) is 35.5 Å². The van der Waals surface area contributed by atoms with Gasteiger partial charge in [-0.3, -0.25) is 4.79 Å². The molecule has 0 saturated carbocycles. The summed E-state index contributed by atoms with van der Waals surface area (Å²) in [6.45, 7) is 0. The van der Waals surface area contributed by atoms with Crippen LogP contribution < -0.4 is 10.5 Å². The lowest BCUT2D eigenvalue weighted by Gasteiger charge is -2.10. The fourth-order valence-corrected chi connectivity index (χ4v) is 2.95. The minimum Gasteiger partial charge on any atom is -0.497 e. The smallest absolute Gasteiger partial charge is 0.338 e. The van der Waals surface area contributed by atoms with E-state index in [1.54, 1.807) is 12.1 Å². The van der Waals surface area contributed by atoms with Gasteiger partial charge in [-0.1, -0.05) is 11.6 Å². The lowest BCUT2D eigenvalue weighted by Crippen LogP contribution is -2.06. The number of ether oxygens (including phenoxy) is 1. The molecule has 23 heavy (non-hydrogen) atoms. The number of aromatic carboxylic acids is 1. The van der Waals surface area contributed by atoms with Gasteiger partial charge in [0.1, 0.15) is 10.8 Å². The molecule has 0 atom stereocenters. The number of rotatable bonds is 5. The number of hydrogen-bond donors (Lipinski definition) is 2. The minimum atomic E-state index is -1.14. The van der Waals surface area contributed by atoms with Gasteiger partial charge in [0.05, 0.1) is 12.7 Å². The monoisotopic (exact) mass is 352 g/mol. The Bertz CT molecular complexity index is 744. The number of nitrogens with zero attached hydrogens (tertiary/aromatic N) is 1. The Balaban J connectivity index is 2.20. The zero-order chi connectivity index (χ0) is 17.0. The van der Waals surface area contributed by atoms with E-state index in [2.05, 4.69) is 4.98 Å². The molecule has 0 bridgehead atoms. The first-order valence-electron chi connectivity index (χ1n) is 6.43. The van der Waals surface area contributed by atoms with Gasteiger partial charge in [0.15, 0.2) is 5.12 Å². The van der Waals surface area contributed by atoms with E-state index in [1.807, 2.05) is 0 Å². The fraction of sp³-hybridized carbons (Fsp3) is 0.133. The highest BCUT2D eigenvalue weighted by Crippen LogP contribution is 2.31. The maximum absolute atomic E-state index is 12.2. The summed E-state index contributed by atoms with van der Waals surface area (Å²) in [7, 11) is 1.49. The molecule has 0 amide bonds. The number of carboxylic acid groups (broad SMARTS) is 1. The predicted molar refractivity (Wildman–Crippen MR) is 88.2 cm³/mol. The van der Waals surface area contributed by atoms with Crippen LogP contribution in [-0.2, 0) is 11.2 Å². The Labute approximate surface area is 141 Å². The molecule has 1 aromatic heterocycles. The molecule has 120 valence electrons. The summed E-state index contributed by atoms with van der Waals surface area (Å²) in [5.41, 5.74) is 6.66. The van der Waals surface area contributed by atoms with Crippen molar-refractivity contribution in [2.75, 3.05) is 12.8 Å². The van der Waals surface area contributed by atoms with E-state index < -0.39 is 5.97 Å². The molecule has 2 aromatic rings. The van der Waals surface area contributed by atoms with Gasteiger partial charge in [0.2, 0.25) is 0 Å². The molecule has 1 aromatic carbocycles. The highest BCUT2D eigenvalue weighted by molar-refractivity contribution is 8.13. The van der Waals surface area contributed by atoms with Gasteiger partial charge in [-0.2, -0.15) is 0 Å². The number of halogens is 1. The Morgan fingerprint density at radius 3 is 2.78 bits per heavy atom. The largest absolute Gasteiger partial charge is 0.497 e. The molecule has 8 heteroatoms. The average Bonchev–Trinajstić information content (AvgIpc) is 2.51. The number of anilines is 1. The van der Waals surface area contributed by atoms with Crippen LogP contribution in [0.3, 0.4) is 0 Å². The molecule has 0 aliphatic rings. The van der Waals surface area contributed by atoms with Crippen LogP contribution in [0.25, 0.3) is 0 Å². The number of pyridine rings is 1. The molecule has 0 aliphatic carbocycles. The summed E-state index contributed by atoms with van der Waals surface area (Å²) in [5, 5.41) is 9.23. The number of benzene rings is 1. The van der Waals surface area contributed by atoms with E-state index in [-0.39, 0.29) is 22.1 Å². The molecule has 0 saturated heterocycles. The maximum atomic E-state index is 12.2. The van der Waals surface area contributed by atoms with Gasteiger partial charge in [-0.25, -0.2) is 9.78 Å². The number of hydrogen-bond acceptors (Lipinski definition) is 6. The van der Waals surface area contributed by atoms with Gasteiger partial charge in [0, 0.05) is 35.0 Å². The van der Waals surface area contributed by atoms with E-state index in [4.69, 9.17) is 27.2 Å². The zero-order valence-electron chi connectivity index (χ0n) is 12.1. The molecule has 3 N–H and O–H groups in total. The molecular formula is C15H13ClN2O4S. The quantitative estimate of drug-likeness (QED) is 0.630. The molecule has 1 heterocycles. The maximum Gasteiger partial charge on any atom is 0.338 e. The number of carbonyl (C=O) groups excluding carboxylic acids is 1. The van der Waals surface area contributed by atoms with Crippen LogP contribution in [0.5, 0.6) is 5.75 Å². The van der Waals surface area contributed by atoms with Gasteiger partial charge >= 0.3 is 5.97 Å². The molecule has 0 radical (unpaired) electrons. The number of carboxylic acids is 1. The minimum absolute atomic E-state index is 0.0281. The second kappa shape index (κ2) is 7.34. The van der Waals surface area contributed by atoms with E-state index in [1.165, 1.54) is 25.4 Å². The van der Waals surface area contributed by atoms with Crippen molar-refractivity contribution in [3.63, 3.8) is 0 Å². The van der Waals surface area contributed by atoms with Crippen molar-refractivity contribution in [1.29, 1.82) is 0 Å². The standard InChI is InChI=1S/C15H13ClN2O4S/c1-22-8-5-11(16)10(12(17)6-8)7-13(19)23-14-9(15(20)21)3-2-4-18-14/h2-6H,7,17H2,1H3,(H,20,21). The first-order chi connectivity index (χ1) is 10.9. The van der Waals surface area contributed by atoms with Crippen molar-refractivity contribution in [1.82, 2.24) is 4.98 Å². The van der Waals surface area contributed by atoms with Crippen molar-refractivity contribution in [3.05, 3.63) is 46.6 Å². The van der Waals surface area contributed by atoms with Crippen LogP contribution in [0.4, 0.5) is 5.69 Å². The summed E-state index contributed by atoms with van der Waals surface area (Å²) >= 11 is 6.86. The van der Waals surface area contributed by atoms with Crippen molar-refractivity contribution in [2.45, 2.75) is 11.4 Å². The molecular weight excluding hydrogens is 340 g/mol. The topological polar surface area (TPSA) is 103 Å². The van der Waals surface area contributed by atoms with E-state index in [0.29, 0.717) is 22.0 Å². The van der Waals surface area contributed by atoms with Gasteiger partial charge in [0.25, 0.3) is 0 Å². The molecule has 2 rings (SSSR count). The van der Waals surface area contributed by atoms with Gasteiger partial charge in [-0.15, -0.1) is 0 Å². The molecule has 0 aliphatic heterocycles. The van der Waals surface area contributed by atoms with Crippen LogP contribution in [-0.4, -0.2) is 28.3 Å².